The zero-order valence-corrected chi connectivity index (χ0v) is 20.8. The van der Waals surface area contributed by atoms with Crippen molar-refractivity contribution in [2.24, 2.45) is 0 Å². The molecule has 2 aliphatic heterocycles. The maximum atomic E-state index is 6.69. The highest BCUT2D eigenvalue weighted by atomic mass is 79.9. The average Bonchev–Trinajstić information content (AvgIpc) is 3.31. The number of hydrogen-bond acceptors (Lipinski definition) is 5. The van der Waals surface area contributed by atoms with Gasteiger partial charge in [-0.25, -0.2) is 4.68 Å². The molecule has 8 heteroatoms. The SMILES string of the molecule is COc1ccc(Br)cc1[C@H]1Oc2ccc(Cl)cc2C2=C1[C@@H](c1ccc(C)cc1)n1ncnc1N2. The van der Waals surface area contributed by atoms with Crippen molar-refractivity contribution < 1.29 is 9.47 Å². The molecule has 34 heavy (non-hydrogen) atoms. The van der Waals surface area contributed by atoms with Gasteiger partial charge in [-0.05, 0) is 48.9 Å². The van der Waals surface area contributed by atoms with Crippen LogP contribution in [0.4, 0.5) is 5.95 Å². The minimum Gasteiger partial charge on any atom is -0.496 e. The van der Waals surface area contributed by atoms with Gasteiger partial charge >= 0.3 is 0 Å². The van der Waals surface area contributed by atoms with Crippen LogP contribution in [-0.2, 0) is 0 Å². The second-order valence-corrected chi connectivity index (χ2v) is 9.67. The van der Waals surface area contributed by atoms with Crippen LogP contribution in [0.5, 0.6) is 11.5 Å². The molecule has 1 aromatic heterocycles. The minimum absolute atomic E-state index is 0.241. The molecule has 0 unspecified atom stereocenters. The van der Waals surface area contributed by atoms with Crippen molar-refractivity contribution in [2.75, 3.05) is 12.4 Å². The second kappa shape index (κ2) is 8.18. The molecule has 3 aromatic carbocycles. The lowest BCUT2D eigenvalue weighted by atomic mass is 9.84. The summed E-state index contributed by atoms with van der Waals surface area (Å²) in [5.74, 6) is 2.14. The van der Waals surface area contributed by atoms with Gasteiger partial charge in [-0.15, -0.1) is 0 Å². The Bertz CT molecular complexity index is 1450. The molecule has 0 radical (unpaired) electrons. The fraction of sp³-hybridized carbons (Fsp3) is 0.154. The van der Waals surface area contributed by atoms with Gasteiger partial charge in [0.2, 0.25) is 5.95 Å². The molecule has 2 aliphatic rings. The van der Waals surface area contributed by atoms with Crippen molar-refractivity contribution in [2.45, 2.75) is 19.1 Å². The second-order valence-electron chi connectivity index (χ2n) is 8.32. The Morgan fingerprint density at radius 2 is 1.91 bits per heavy atom. The van der Waals surface area contributed by atoms with E-state index in [9.17, 15) is 0 Å². The highest BCUT2D eigenvalue weighted by Gasteiger charge is 2.42. The summed E-state index contributed by atoms with van der Waals surface area (Å²) < 4.78 is 15.3. The van der Waals surface area contributed by atoms with Crippen LogP contribution in [0.15, 0.2) is 77.0 Å². The summed E-state index contributed by atoms with van der Waals surface area (Å²) >= 11 is 10.0. The zero-order chi connectivity index (χ0) is 23.4. The number of halogens is 2. The lowest BCUT2D eigenvalue weighted by Crippen LogP contribution is -2.32. The lowest BCUT2D eigenvalue weighted by Gasteiger charge is -2.39. The number of ether oxygens (including phenoxy) is 2. The Morgan fingerprint density at radius 3 is 2.71 bits per heavy atom. The topological polar surface area (TPSA) is 61.2 Å². The van der Waals surface area contributed by atoms with Gasteiger partial charge < -0.3 is 14.8 Å². The Balaban J connectivity index is 1.66. The fourth-order valence-corrected chi connectivity index (χ4v) is 5.23. The Morgan fingerprint density at radius 1 is 1.09 bits per heavy atom. The largest absolute Gasteiger partial charge is 0.496 e. The Kier molecular flexibility index (Phi) is 5.12. The summed E-state index contributed by atoms with van der Waals surface area (Å²) in [6.45, 7) is 2.08. The zero-order valence-electron chi connectivity index (χ0n) is 18.4. The van der Waals surface area contributed by atoms with Crippen molar-refractivity contribution in [3.63, 3.8) is 0 Å². The maximum absolute atomic E-state index is 6.69. The maximum Gasteiger partial charge on any atom is 0.226 e. The van der Waals surface area contributed by atoms with Crippen LogP contribution in [0.1, 0.15) is 34.4 Å². The van der Waals surface area contributed by atoms with E-state index in [1.165, 1.54) is 5.56 Å². The van der Waals surface area contributed by atoms with Crippen LogP contribution >= 0.6 is 27.5 Å². The van der Waals surface area contributed by atoms with Gasteiger partial charge in [-0.2, -0.15) is 10.1 Å². The molecule has 0 aliphatic carbocycles. The van der Waals surface area contributed by atoms with Gasteiger partial charge in [-0.1, -0.05) is 57.4 Å². The van der Waals surface area contributed by atoms with E-state index < -0.39 is 6.10 Å². The summed E-state index contributed by atoms with van der Waals surface area (Å²) in [5.41, 5.74) is 5.99. The van der Waals surface area contributed by atoms with Gasteiger partial charge in [0.15, 0.2) is 6.10 Å². The molecular weight excluding hydrogens is 516 g/mol. The van der Waals surface area contributed by atoms with E-state index in [1.807, 2.05) is 41.1 Å². The van der Waals surface area contributed by atoms with Crippen LogP contribution in [0.2, 0.25) is 5.02 Å². The molecule has 3 heterocycles. The number of methoxy groups -OCH3 is 1. The number of fused-ring (bicyclic) bond motifs is 3. The van der Waals surface area contributed by atoms with Crippen LogP contribution in [0.25, 0.3) is 5.70 Å². The molecule has 6 rings (SSSR count). The van der Waals surface area contributed by atoms with Crippen LogP contribution < -0.4 is 14.8 Å². The summed E-state index contributed by atoms with van der Waals surface area (Å²) in [5, 5.41) is 8.71. The van der Waals surface area contributed by atoms with E-state index in [1.54, 1.807) is 13.4 Å². The van der Waals surface area contributed by atoms with Crippen LogP contribution in [0, 0.1) is 6.92 Å². The highest BCUT2D eigenvalue weighted by molar-refractivity contribution is 9.10. The van der Waals surface area contributed by atoms with Gasteiger partial charge in [0, 0.05) is 26.2 Å². The molecule has 6 nitrogen and oxygen atoms in total. The average molecular weight is 536 g/mol. The summed E-state index contributed by atoms with van der Waals surface area (Å²) in [6.07, 6.45) is 1.13. The van der Waals surface area contributed by atoms with Gasteiger partial charge in [0.1, 0.15) is 23.9 Å². The summed E-state index contributed by atoms with van der Waals surface area (Å²) in [4.78, 5) is 4.48. The molecule has 4 aromatic rings. The number of anilines is 1. The Labute approximate surface area is 210 Å². The number of rotatable bonds is 3. The number of benzene rings is 3. The first-order valence-electron chi connectivity index (χ1n) is 10.8. The number of aryl methyl sites for hydroxylation is 1. The molecule has 0 amide bonds. The van der Waals surface area contributed by atoms with E-state index in [0.717, 1.165) is 43.9 Å². The first kappa shape index (κ1) is 21.3. The van der Waals surface area contributed by atoms with Gasteiger partial charge in [0.05, 0.1) is 12.8 Å². The van der Waals surface area contributed by atoms with Crippen molar-refractivity contribution in [3.05, 3.63) is 104 Å². The van der Waals surface area contributed by atoms with Gasteiger partial charge in [-0.3, -0.25) is 0 Å². The molecular formula is C26H20BrClN4O2. The predicted octanol–water partition coefficient (Wildman–Crippen LogP) is 6.57. The third-order valence-corrected chi connectivity index (χ3v) is 6.97. The molecule has 170 valence electrons. The van der Waals surface area contributed by atoms with Crippen molar-refractivity contribution in [1.29, 1.82) is 0 Å². The summed E-state index contributed by atoms with van der Waals surface area (Å²) in [6, 6.07) is 19.8. The molecule has 0 spiro atoms. The molecule has 0 bridgehead atoms. The fourth-order valence-electron chi connectivity index (χ4n) is 4.68. The standard InChI is InChI=1S/C26H20BrClN4O2/c1-14-3-5-15(6-4-14)24-22-23(31-26-29-13-30-32(24)26)18-12-17(28)8-10-21(18)34-25(22)19-11-16(27)7-9-20(19)33-2/h3-13,24-25H,1-2H3,(H,29,30,31)/t24-,25-/m1/s1. The molecule has 1 N–H and O–H groups in total. The first-order chi connectivity index (χ1) is 16.5. The molecule has 0 saturated heterocycles. The highest BCUT2D eigenvalue weighted by Crippen LogP contribution is 2.52. The number of aromatic nitrogens is 3. The van der Waals surface area contributed by atoms with Crippen LogP contribution in [0.3, 0.4) is 0 Å². The Hall–Kier alpha value is -3.29. The van der Waals surface area contributed by atoms with Gasteiger partial charge in [0.25, 0.3) is 0 Å². The first-order valence-corrected chi connectivity index (χ1v) is 12.0. The van der Waals surface area contributed by atoms with E-state index in [-0.39, 0.29) is 6.04 Å². The smallest absolute Gasteiger partial charge is 0.226 e. The monoisotopic (exact) mass is 534 g/mol. The number of hydrogen-bond donors (Lipinski definition) is 1. The third kappa shape index (κ3) is 3.38. The van der Waals surface area contributed by atoms with Crippen molar-refractivity contribution >= 4 is 39.2 Å². The van der Waals surface area contributed by atoms with E-state index >= 15 is 0 Å². The van der Waals surface area contributed by atoms with E-state index in [4.69, 9.17) is 21.1 Å². The molecule has 0 fully saturated rings. The summed E-state index contributed by atoms with van der Waals surface area (Å²) in [7, 11) is 1.67. The van der Waals surface area contributed by atoms with E-state index in [2.05, 4.69) is 62.5 Å². The van der Waals surface area contributed by atoms with Crippen LogP contribution in [-0.4, -0.2) is 21.9 Å². The number of nitrogens with one attached hydrogen (secondary N) is 1. The lowest BCUT2D eigenvalue weighted by molar-refractivity contribution is 0.217. The van der Waals surface area contributed by atoms with Crippen molar-refractivity contribution in [3.8, 4) is 11.5 Å². The molecule has 0 saturated carbocycles. The van der Waals surface area contributed by atoms with E-state index in [0.29, 0.717) is 11.0 Å². The third-order valence-electron chi connectivity index (χ3n) is 6.24. The number of nitrogens with zero attached hydrogens (tertiary/aromatic N) is 3. The predicted molar refractivity (Wildman–Crippen MR) is 135 cm³/mol. The van der Waals surface area contributed by atoms with Crippen molar-refractivity contribution in [1.82, 2.24) is 14.8 Å². The normalized spacial score (nSPS) is 18.4. The molecule has 2 atom stereocenters. The minimum atomic E-state index is -0.438. The quantitative estimate of drug-likeness (QED) is 0.321.